The summed E-state index contributed by atoms with van der Waals surface area (Å²) in [6.45, 7) is 3.62. The molecular weight excluding hydrogens is 751 g/mol. The standard InChI is InChI=1S/C45H59N7O7/c1-3-30(2)40(45(58)48-27-33-19-13-14-22-47-33)52-43(56)36(23-31-15-7-4-8-16-31)41(54)42(55)37(24-32-17-9-5-10-18-32)51-44(57)38(25-34-26-46-29-49-34)50-39(53)28-59-35-20-11-6-12-21-35/h4,6-8,11-16,19-22,26,29-30,32,36-38,40-42,54-55H,3,5,9-10,17-18,23-25,27-28H2,1-2H3,(H,46,49)(H,48,58)(H,50,53)(H,51,57)(H,52,56)/t30-,36+,37-,38-,40-,41+,42+/m0/s1. The molecule has 0 unspecified atom stereocenters. The third-order valence-corrected chi connectivity index (χ3v) is 11.2. The summed E-state index contributed by atoms with van der Waals surface area (Å²) in [7, 11) is 0. The number of imidazole rings is 1. The largest absolute Gasteiger partial charge is 0.484 e. The molecule has 7 atom stereocenters. The second-order valence-corrected chi connectivity index (χ2v) is 15.5. The second kappa shape index (κ2) is 23.1. The number of aliphatic hydroxyl groups excluding tert-OH is 2. The number of nitrogens with one attached hydrogen (secondary N) is 5. The van der Waals surface area contributed by atoms with Gasteiger partial charge in [-0.15, -0.1) is 0 Å². The fraction of sp³-hybridized carbons (Fsp3) is 0.467. The van der Waals surface area contributed by atoms with Crippen LogP contribution in [0.25, 0.3) is 0 Å². The lowest BCUT2D eigenvalue weighted by molar-refractivity contribution is -0.138. The molecular formula is C45H59N7O7. The van der Waals surface area contributed by atoms with E-state index in [9.17, 15) is 29.4 Å². The molecule has 1 aliphatic carbocycles. The van der Waals surface area contributed by atoms with Crippen LogP contribution < -0.4 is 26.0 Å². The van der Waals surface area contributed by atoms with Gasteiger partial charge in [0.2, 0.25) is 17.7 Å². The smallest absolute Gasteiger partial charge is 0.258 e. The molecule has 0 radical (unpaired) electrons. The van der Waals surface area contributed by atoms with Crippen LogP contribution in [0.2, 0.25) is 0 Å². The van der Waals surface area contributed by atoms with E-state index in [-0.39, 0.29) is 37.8 Å². The molecule has 0 bridgehead atoms. The number of carbonyl (C=O) groups is 4. The maximum atomic E-state index is 14.4. The van der Waals surface area contributed by atoms with Crippen molar-refractivity contribution in [3.05, 3.63) is 115 Å². The Morgan fingerprint density at radius 2 is 1.54 bits per heavy atom. The van der Waals surface area contributed by atoms with Gasteiger partial charge < -0.3 is 41.2 Å². The van der Waals surface area contributed by atoms with E-state index in [1.54, 1.807) is 48.8 Å². The molecule has 316 valence electrons. The third kappa shape index (κ3) is 14.0. The van der Waals surface area contributed by atoms with Gasteiger partial charge in [-0.1, -0.05) is 107 Å². The highest BCUT2D eigenvalue weighted by Crippen LogP contribution is 2.30. The van der Waals surface area contributed by atoms with Gasteiger partial charge in [0.15, 0.2) is 6.61 Å². The van der Waals surface area contributed by atoms with Crippen LogP contribution >= 0.6 is 0 Å². The minimum Gasteiger partial charge on any atom is -0.484 e. The summed E-state index contributed by atoms with van der Waals surface area (Å²) >= 11 is 0. The van der Waals surface area contributed by atoms with E-state index in [0.29, 0.717) is 30.0 Å². The van der Waals surface area contributed by atoms with Crippen molar-refractivity contribution in [1.82, 2.24) is 36.2 Å². The van der Waals surface area contributed by atoms with Gasteiger partial charge in [0.05, 0.1) is 36.6 Å². The monoisotopic (exact) mass is 809 g/mol. The quantitative estimate of drug-likeness (QED) is 0.0616. The first-order chi connectivity index (χ1) is 28.6. The van der Waals surface area contributed by atoms with Crippen LogP contribution in [0.15, 0.2) is 97.6 Å². The zero-order chi connectivity index (χ0) is 42.0. The molecule has 7 N–H and O–H groups in total. The van der Waals surface area contributed by atoms with Crippen LogP contribution in [0.3, 0.4) is 0 Å². The van der Waals surface area contributed by atoms with Gasteiger partial charge in [0, 0.05) is 24.5 Å². The number of aliphatic hydroxyl groups is 2. The number of para-hydroxylation sites is 1. The molecule has 4 amide bonds. The first-order valence-electron chi connectivity index (χ1n) is 20.7. The first kappa shape index (κ1) is 44.5. The van der Waals surface area contributed by atoms with Crippen molar-refractivity contribution in [1.29, 1.82) is 0 Å². The number of aromatic nitrogens is 3. The molecule has 4 aromatic rings. The van der Waals surface area contributed by atoms with Crippen LogP contribution in [-0.2, 0) is 38.6 Å². The number of aromatic amines is 1. The zero-order valence-corrected chi connectivity index (χ0v) is 34.0. The average Bonchev–Trinajstić information content (AvgIpc) is 3.79. The third-order valence-electron chi connectivity index (χ3n) is 11.2. The summed E-state index contributed by atoms with van der Waals surface area (Å²) in [5.41, 5.74) is 2.00. The Balaban J connectivity index is 1.37. The fourth-order valence-corrected chi connectivity index (χ4v) is 7.54. The minimum atomic E-state index is -1.65. The van der Waals surface area contributed by atoms with Crippen molar-refractivity contribution in [2.75, 3.05) is 6.61 Å². The molecule has 1 fully saturated rings. The van der Waals surface area contributed by atoms with Crippen LogP contribution in [0.4, 0.5) is 0 Å². The summed E-state index contributed by atoms with van der Waals surface area (Å²) in [6, 6.07) is 20.4. The average molecular weight is 810 g/mol. The number of H-pyrrole nitrogens is 1. The lowest BCUT2D eigenvalue weighted by Crippen LogP contribution is -2.59. The lowest BCUT2D eigenvalue weighted by atomic mass is 9.80. The van der Waals surface area contributed by atoms with E-state index >= 15 is 0 Å². The van der Waals surface area contributed by atoms with Gasteiger partial charge >= 0.3 is 0 Å². The number of hydrogen-bond donors (Lipinski definition) is 7. The summed E-state index contributed by atoms with van der Waals surface area (Å²) < 4.78 is 5.63. The van der Waals surface area contributed by atoms with E-state index < -0.39 is 59.9 Å². The van der Waals surface area contributed by atoms with Crippen molar-refractivity contribution in [3.63, 3.8) is 0 Å². The molecule has 2 aromatic carbocycles. The van der Waals surface area contributed by atoms with Gasteiger partial charge in [0.25, 0.3) is 5.91 Å². The Bertz CT molecular complexity index is 1860. The van der Waals surface area contributed by atoms with Crippen molar-refractivity contribution >= 4 is 23.6 Å². The number of benzene rings is 2. The minimum absolute atomic E-state index is 0.0533. The highest BCUT2D eigenvalue weighted by atomic mass is 16.5. The molecule has 0 aliphatic heterocycles. The summed E-state index contributed by atoms with van der Waals surface area (Å²) in [5, 5.41) is 35.8. The van der Waals surface area contributed by atoms with Crippen molar-refractivity contribution in [2.24, 2.45) is 17.8 Å². The van der Waals surface area contributed by atoms with Gasteiger partial charge in [-0.2, -0.15) is 0 Å². The SMILES string of the molecule is CC[C@H](C)[C@H](NC(=O)[C@H](Cc1ccccc1)[C@@H](O)[C@H](O)[C@H](CC1CCCCC1)NC(=O)[C@H](Cc1cnc[nH]1)NC(=O)COc1ccccc1)C(=O)NCc1ccccn1. The molecule has 1 saturated carbocycles. The summed E-state index contributed by atoms with van der Waals surface area (Å²) in [5.74, 6) is -2.93. The van der Waals surface area contributed by atoms with Crippen LogP contribution in [-0.4, -0.2) is 85.7 Å². The predicted molar refractivity (Wildman–Crippen MR) is 222 cm³/mol. The fourth-order valence-electron chi connectivity index (χ4n) is 7.54. The van der Waals surface area contributed by atoms with E-state index in [2.05, 4.69) is 36.2 Å². The van der Waals surface area contributed by atoms with Crippen molar-refractivity contribution in [2.45, 2.75) is 109 Å². The molecule has 5 rings (SSSR count). The second-order valence-electron chi connectivity index (χ2n) is 15.5. The maximum Gasteiger partial charge on any atom is 0.258 e. The normalized spacial score (nSPS) is 16.6. The number of carbonyl (C=O) groups excluding carboxylic acids is 4. The van der Waals surface area contributed by atoms with Crippen molar-refractivity contribution < 1.29 is 34.1 Å². The molecule has 0 spiro atoms. The Labute approximate surface area is 346 Å². The number of pyridine rings is 1. The number of amides is 4. The van der Waals surface area contributed by atoms with Crippen molar-refractivity contribution in [3.8, 4) is 5.75 Å². The number of hydrogen-bond acceptors (Lipinski definition) is 9. The molecule has 14 nitrogen and oxygen atoms in total. The van der Waals surface area contributed by atoms with Gasteiger partial charge in [0.1, 0.15) is 23.9 Å². The van der Waals surface area contributed by atoms with Gasteiger partial charge in [-0.25, -0.2) is 4.98 Å². The Morgan fingerprint density at radius 1 is 0.831 bits per heavy atom. The van der Waals surface area contributed by atoms with E-state index in [1.165, 1.54) is 6.33 Å². The topological polar surface area (TPSA) is 208 Å². The highest BCUT2D eigenvalue weighted by Gasteiger charge is 2.40. The van der Waals surface area contributed by atoms with E-state index in [0.717, 1.165) is 37.7 Å². The maximum absolute atomic E-state index is 14.4. The highest BCUT2D eigenvalue weighted by molar-refractivity contribution is 5.90. The van der Waals surface area contributed by atoms with Crippen LogP contribution in [0, 0.1) is 17.8 Å². The number of nitrogens with zero attached hydrogens (tertiary/aromatic N) is 2. The molecule has 0 saturated heterocycles. The number of rotatable bonds is 22. The molecule has 2 heterocycles. The summed E-state index contributed by atoms with van der Waals surface area (Å²) in [4.78, 5) is 66.7. The van der Waals surface area contributed by atoms with Gasteiger partial charge in [-0.3, -0.25) is 24.2 Å². The van der Waals surface area contributed by atoms with E-state index in [1.807, 2.05) is 56.3 Å². The zero-order valence-electron chi connectivity index (χ0n) is 34.0. The number of ether oxygens (including phenoxy) is 1. The predicted octanol–water partition coefficient (Wildman–Crippen LogP) is 3.79. The van der Waals surface area contributed by atoms with E-state index in [4.69, 9.17) is 4.74 Å². The Kier molecular flexibility index (Phi) is 17.4. The van der Waals surface area contributed by atoms with Gasteiger partial charge in [-0.05, 0) is 54.5 Å². The first-order valence-corrected chi connectivity index (χ1v) is 20.7. The molecule has 1 aliphatic rings. The molecule has 2 aromatic heterocycles. The Morgan fingerprint density at radius 3 is 2.20 bits per heavy atom. The van der Waals surface area contributed by atoms with Crippen LogP contribution in [0.5, 0.6) is 5.75 Å². The van der Waals surface area contributed by atoms with Crippen LogP contribution in [0.1, 0.15) is 75.7 Å². The molecule has 59 heavy (non-hydrogen) atoms. The lowest BCUT2D eigenvalue weighted by Gasteiger charge is -2.36. The Hall–Kier alpha value is -5.60. The molecule has 14 heteroatoms. The summed E-state index contributed by atoms with van der Waals surface area (Å²) in [6.07, 6.45) is 7.34.